The summed E-state index contributed by atoms with van der Waals surface area (Å²) in [6.45, 7) is 6.70. The highest BCUT2D eigenvalue weighted by Crippen LogP contribution is 2.12. The number of nitrogens with zero attached hydrogens (tertiary/aromatic N) is 1. The fraction of sp³-hybridized carbons (Fsp3) is 0.900. The van der Waals surface area contributed by atoms with E-state index in [0.29, 0.717) is 12.6 Å². The molecule has 3 heteroatoms. The lowest BCUT2D eigenvalue weighted by Gasteiger charge is -2.34. The molecule has 1 aliphatic heterocycles. The minimum absolute atomic E-state index is 0.270. The van der Waals surface area contributed by atoms with Crippen molar-refractivity contribution in [1.29, 1.82) is 0 Å². The molecule has 1 N–H and O–H groups in total. The molecule has 0 spiro atoms. The number of hydrogen-bond donors (Lipinski definition) is 1. The number of rotatable bonds is 4. The summed E-state index contributed by atoms with van der Waals surface area (Å²) in [4.78, 5) is 13.6. The predicted molar refractivity (Wildman–Crippen MR) is 53.6 cm³/mol. The van der Waals surface area contributed by atoms with E-state index in [1.54, 1.807) is 0 Å². The quantitative estimate of drug-likeness (QED) is 0.707. The first kappa shape index (κ1) is 10.5. The van der Waals surface area contributed by atoms with Crippen LogP contribution in [0.25, 0.3) is 0 Å². The predicted octanol–water partition coefficient (Wildman–Crippen LogP) is 0.997. The second-order valence-corrected chi connectivity index (χ2v) is 3.61. The van der Waals surface area contributed by atoms with Gasteiger partial charge in [-0.1, -0.05) is 20.3 Å². The highest BCUT2D eigenvalue weighted by atomic mass is 16.2. The maximum Gasteiger partial charge on any atom is 0.236 e. The van der Waals surface area contributed by atoms with E-state index in [0.717, 1.165) is 32.4 Å². The minimum Gasteiger partial charge on any atom is -0.337 e. The molecule has 1 saturated heterocycles. The molecule has 1 rings (SSSR count). The molecule has 3 nitrogen and oxygen atoms in total. The molecule has 0 radical (unpaired) electrons. The van der Waals surface area contributed by atoms with Crippen molar-refractivity contribution in [3.63, 3.8) is 0 Å². The van der Waals surface area contributed by atoms with Gasteiger partial charge in [-0.3, -0.25) is 4.79 Å². The second kappa shape index (κ2) is 5.22. The Balaban J connectivity index is 2.49. The topological polar surface area (TPSA) is 32.3 Å². The van der Waals surface area contributed by atoms with E-state index in [-0.39, 0.29) is 5.91 Å². The summed E-state index contributed by atoms with van der Waals surface area (Å²) >= 11 is 0. The third-order valence-electron chi connectivity index (χ3n) is 2.66. The number of carbonyl (C=O) groups is 1. The molecule has 1 fully saturated rings. The van der Waals surface area contributed by atoms with Gasteiger partial charge in [0.25, 0.3) is 0 Å². The summed E-state index contributed by atoms with van der Waals surface area (Å²) in [6.07, 6.45) is 3.39. The molecule has 0 aliphatic carbocycles. The van der Waals surface area contributed by atoms with Crippen molar-refractivity contribution in [3.05, 3.63) is 0 Å². The van der Waals surface area contributed by atoms with Crippen LogP contribution in [0, 0.1) is 0 Å². The van der Waals surface area contributed by atoms with Crippen LogP contribution in [0.5, 0.6) is 0 Å². The first-order valence-electron chi connectivity index (χ1n) is 5.29. The average molecular weight is 184 g/mol. The second-order valence-electron chi connectivity index (χ2n) is 3.61. The molecule has 0 aromatic carbocycles. The largest absolute Gasteiger partial charge is 0.337 e. The highest BCUT2D eigenvalue weighted by molar-refractivity contribution is 5.79. The Morgan fingerprint density at radius 2 is 2.31 bits per heavy atom. The molecule has 1 aliphatic rings. The van der Waals surface area contributed by atoms with Gasteiger partial charge in [0.05, 0.1) is 6.54 Å². The SMILES string of the molecule is CCCC(CC)N1CCNCC1=O. The molecular weight excluding hydrogens is 164 g/mol. The molecule has 1 amide bonds. The first-order chi connectivity index (χ1) is 6.29. The van der Waals surface area contributed by atoms with Crippen LogP contribution in [0.3, 0.4) is 0 Å². The highest BCUT2D eigenvalue weighted by Gasteiger charge is 2.23. The van der Waals surface area contributed by atoms with E-state index in [2.05, 4.69) is 19.2 Å². The monoisotopic (exact) mass is 184 g/mol. The van der Waals surface area contributed by atoms with E-state index in [4.69, 9.17) is 0 Å². The smallest absolute Gasteiger partial charge is 0.236 e. The Morgan fingerprint density at radius 1 is 1.54 bits per heavy atom. The third kappa shape index (κ3) is 2.69. The lowest BCUT2D eigenvalue weighted by molar-refractivity contribution is -0.134. The Hall–Kier alpha value is -0.570. The van der Waals surface area contributed by atoms with Crippen LogP contribution in [-0.2, 0) is 4.79 Å². The van der Waals surface area contributed by atoms with Gasteiger partial charge in [-0.05, 0) is 12.8 Å². The lowest BCUT2D eigenvalue weighted by Crippen LogP contribution is -2.52. The zero-order chi connectivity index (χ0) is 9.68. The normalized spacial score (nSPS) is 20.5. The molecule has 0 aromatic heterocycles. The van der Waals surface area contributed by atoms with Crippen molar-refractivity contribution >= 4 is 5.91 Å². The molecule has 0 bridgehead atoms. The summed E-state index contributed by atoms with van der Waals surface area (Å²) < 4.78 is 0. The average Bonchev–Trinajstić information content (AvgIpc) is 2.16. The summed E-state index contributed by atoms with van der Waals surface area (Å²) in [6, 6.07) is 0.472. The summed E-state index contributed by atoms with van der Waals surface area (Å²) in [5.41, 5.74) is 0. The van der Waals surface area contributed by atoms with Gasteiger partial charge in [-0.2, -0.15) is 0 Å². The molecule has 0 saturated carbocycles. The van der Waals surface area contributed by atoms with Crippen molar-refractivity contribution in [2.24, 2.45) is 0 Å². The Kier molecular flexibility index (Phi) is 4.22. The summed E-state index contributed by atoms with van der Waals surface area (Å²) in [5.74, 6) is 0.270. The van der Waals surface area contributed by atoms with E-state index < -0.39 is 0 Å². The molecular formula is C10H20N2O. The van der Waals surface area contributed by atoms with Gasteiger partial charge in [0.1, 0.15) is 0 Å². The van der Waals surface area contributed by atoms with Crippen molar-refractivity contribution in [3.8, 4) is 0 Å². The van der Waals surface area contributed by atoms with Gasteiger partial charge in [0.15, 0.2) is 0 Å². The van der Waals surface area contributed by atoms with Gasteiger partial charge in [-0.25, -0.2) is 0 Å². The Bertz CT molecular complexity index is 170. The number of carbonyl (C=O) groups excluding carboxylic acids is 1. The number of nitrogens with one attached hydrogen (secondary N) is 1. The van der Waals surface area contributed by atoms with Gasteiger partial charge in [0, 0.05) is 19.1 Å². The van der Waals surface area contributed by atoms with Crippen LogP contribution in [0.4, 0.5) is 0 Å². The van der Waals surface area contributed by atoms with Crippen LogP contribution in [-0.4, -0.2) is 36.5 Å². The molecule has 76 valence electrons. The van der Waals surface area contributed by atoms with Crippen LogP contribution in [0.15, 0.2) is 0 Å². The van der Waals surface area contributed by atoms with Crippen LogP contribution in [0.1, 0.15) is 33.1 Å². The third-order valence-corrected chi connectivity index (χ3v) is 2.66. The van der Waals surface area contributed by atoms with E-state index in [1.807, 2.05) is 4.90 Å². The van der Waals surface area contributed by atoms with Gasteiger partial charge < -0.3 is 10.2 Å². The Labute approximate surface area is 80.5 Å². The summed E-state index contributed by atoms with van der Waals surface area (Å²) in [5, 5.41) is 3.09. The standard InChI is InChI=1S/C10H20N2O/c1-3-5-9(4-2)12-7-6-11-8-10(12)13/h9,11H,3-8H2,1-2H3. The van der Waals surface area contributed by atoms with Crippen LogP contribution < -0.4 is 5.32 Å². The van der Waals surface area contributed by atoms with Crippen LogP contribution >= 0.6 is 0 Å². The maximum atomic E-state index is 11.5. The van der Waals surface area contributed by atoms with Gasteiger partial charge >= 0.3 is 0 Å². The van der Waals surface area contributed by atoms with E-state index in [1.165, 1.54) is 0 Å². The number of amides is 1. The molecule has 1 atom stereocenters. The maximum absolute atomic E-state index is 11.5. The zero-order valence-corrected chi connectivity index (χ0v) is 8.68. The number of piperazine rings is 1. The molecule has 1 heterocycles. The molecule has 13 heavy (non-hydrogen) atoms. The van der Waals surface area contributed by atoms with Crippen molar-refractivity contribution in [2.75, 3.05) is 19.6 Å². The molecule has 0 aromatic rings. The van der Waals surface area contributed by atoms with Crippen LogP contribution in [0.2, 0.25) is 0 Å². The van der Waals surface area contributed by atoms with Crippen molar-refractivity contribution < 1.29 is 4.79 Å². The lowest BCUT2D eigenvalue weighted by atomic mass is 10.1. The van der Waals surface area contributed by atoms with E-state index >= 15 is 0 Å². The first-order valence-corrected chi connectivity index (χ1v) is 5.29. The number of hydrogen-bond acceptors (Lipinski definition) is 2. The minimum atomic E-state index is 0.270. The Morgan fingerprint density at radius 3 is 2.85 bits per heavy atom. The van der Waals surface area contributed by atoms with Gasteiger partial charge in [0.2, 0.25) is 5.91 Å². The van der Waals surface area contributed by atoms with Crippen molar-refractivity contribution in [2.45, 2.75) is 39.2 Å². The fourth-order valence-electron chi connectivity index (χ4n) is 1.92. The van der Waals surface area contributed by atoms with E-state index in [9.17, 15) is 4.79 Å². The fourth-order valence-corrected chi connectivity index (χ4v) is 1.92. The molecule has 1 unspecified atom stereocenters. The summed E-state index contributed by atoms with van der Waals surface area (Å²) in [7, 11) is 0. The van der Waals surface area contributed by atoms with Gasteiger partial charge in [-0.15, -0.1) is 0 Å². The van der Waals surface area contributed by atoms with Crippen molar-refractivity contribution in [1.82, 2.24) is 10.2 Å². The zero-order valence-electron chi connectivity index (χ0n) is 8.68.